The van der Waals surface area contributed by atoms with Crippen LogP contribution >= 0.6 is 27.5 Å². The molecule has 154 valence electrons. The van der Waals surface area contributed by atoms with Gasteiger partial charge in [0, 0.05) is 15.6 Å². The lowest BCUT2D eigenvalue weighted by Crippen LogP contribution is -2.87. The Balaban J connectivity index is 1.99. The summed E-state index contributed by atoms with van der Waals surface area (Å²) >= 11 is 9.70. The summed E-state index contributed by atoms with van der Waals surface area (Å²) in [6.45, 7) is 0.139. The van der Waals surface area contributed by atoms with Crippen LogP contribution in [0.3, 0.4) is 0 Å². The van der Waals surface area contributed by atoms with Crippen LogP contribution in [0.5, 0.6) is 0 Å². The second-order valence-corrected chi connectivity index (χ2v) is 7.89. The Morgan fingerprint density at radius 1 is 1.07 bits per heavy atom. The highest BCUT2D eigenvalue weighted by Crippen LogP contribution is 2.30. The van der Waals surface area contributed by atoms with Gasteiger partial charge in [0.2, 0.25) is 0 Å². The van der Waals surface area contributed by atoms with Crippen LogP contribution in [-0.2, 0) is 9.53 Å². The SMILES string of the molecule is COC(=O)C[NH2+][C@@H](c1ccccc1)c1cc(Br)ccc1NC(=O)c1ccccc1Cl. The van der Waals surface area contributed by atoms with Crippen LogP contribution in [0.2, 0.25) is 5.02 Å². The van der Waals surface area contributed by atoms with E-state index in [1.54, 1.807) is 24.3 Å². The van der Waals surface area contributed by atoms with Crippen molar-refractivity contribution < 1.29 is 19.6 Å². The van der Waals surface area contributed by atoms with Gasteiger partial charge in [-0.05, 0) is 30.3 Å². The maximum absolute atomic E-state index is 12.9. The number of hydrogen-bond acceptors (Lipinski definition) is 3. The fourth-order valence-electron chi connectivity index (χ4n) is 3.14. The molecule has 3 aromatic rings. The smallest absolute Gasteiger partial charge is 0.361 e. The van der Waals surface area contributed by atoms with Gasteiger partial charge in [-0.2, -0.15) is 0 Å². The number of anilines is 1. The number of rotatable bonds is 7. The number of nitrogens with two attached hydrogens (primary N) is 1. The van der Waals surface area contributed by atoms with E-state index in [1.807, 2.05) is 53.8 Å². The molecule has 1 amide bonds. The Kier molecular flexibility index (Phi) is 7.63. The first-order chi connectivity index (χ1) is 14.5. The van der Waals surface area contributed by atoms with Gasteiger partial charge in [0.25, 0.3) is 5.91 Å². The molecule has 0 saturated carbocycles. The van der Waals surface area contributed by atoms with Crippen molar-refractivity contribution in [1.82, 2.24) is 0 Å². The number of esters is 1. The lowest BCUT2D eigenvalue weighted by Gasteiger charge is -2.20. The Morgan fingerprint density at radius 3 is 2.47 bits per heavy atom. The quantitative estimate of drug-likeness (QED) is 0.490. The molecular weight excluding hydrogens is 468 g/mol. The van der Waals surface area contributed by atoms with Crippen LogP contribution in [0.4, 0.5) is 5.69 Å². The molecule has 0 radical (unpaired) electrons. The van der Waals surface area contributed by atoms with E-state index in [4.69, 9.17) is 16.3 Å². The summed E-state index contributed by atoms with van der Waals surface area (Å²) in [5.41, 5.74) is 2.87. The zero-order valence-corrected chi connectivity index (χ0v) is 18.6. The minimum absolute atomic E-state index is 0.139. The molecule has 0 spiro atoms. The van der Waals surface area contributed by atoms with Gasteiger partial charge in [0.05, 0.1) is 23.4 Å². The summed E-state index contributed by atoms with van der Waals surface area (Å²) in [4.78, 5) is 24.6. The van der Waals surface area contributed by atoms with Crippen molar-refractivity contribution >= 4 is 45.1 Å². The van der Waals surface area contributed by atoms with Crippen molar-refractivity contribution in [2.45, 2.75) is 6.04 Å². The Hall–Kier alpha value is -2.67. The van der Waals surface area contributed by atoms with E-state index in [2.05, 4.69) is 21.2 Å². The van der Waals surface area contributed by atoms with Crippen LogP contribution in [-0.4, -0.2) is 25.5 Å². The molecule has 3 aromatic carbocycles. The van der Waals surface area contributed by atoms with Gasteiger partial charge in [-0.15, -0.1) is 0 Å². The van der Waals surface area contributed by atoms with Crippen molar-refractivity contribution in [1.29, 1.82) is 0 Å². The number of halogens is 2. The summed E-state index contributed by atoms with van der Waals surface area (Å²) in [6.07, 6.45) is 0. The number of methoxy groups -OCH3 is 1. The maximum Gasteiger partial charge on any atom is 0.361 e. The Bertz CT molecular complexity index is 1040. The molecule has 0 unspecified atom stereocenters. The monoisotopic (exact) mass is 487 g/mol. The first kappa shape index (κ1) is 22.0. The van der Waals surface area contributed by atoms with Crippen LogP contribution in [0.15, 0.2) is 77.3 Å². The van der Waals surface area contributed by atoms with E-state index in [-0.39, 0.29) is 24.5 Å². The lowest BCUT2D eigenvalue weighted by atomic mass is 9.96. The van der Waals surface area contributed by atoms with E-state index < -0.39 is 0 Å². The standard InChI is InChI=1S/C23H20BrClN2O3/c1-30-21(28)14-26-22(15-7-3-2-4-8-15)18-13-16(24)11-12-20(18)27-23(29)17-9-5-6-10-19(17)25/h2-13,22,26H,14H2,1H3,(H,27,29)/p+1/t22-/m0/s1. The summed E-state index contributed by atoms with van der Waals surface area (Å²) in [7, 11) is 1.36. The molecule has 0 aromatic heterocycles. The number of nitrogens with one attached hydrogen (secondary N) is 1. The fourth-order valence-corrected chi connectivity index (χ4v) is 3.74. The van der Waals surface area contributed by atoms with Gasteiger partial charge in [0.1, 0.15) is 6.04 Å². The zero-order chi connectivity index (χ0) is 21.5. The number of carbonyl (C=O) groups is 2. The van der Waals surface area contributed by atoms with Crippen molar-refractivity contribution in [2.24, 2.45) is 0 Å². The van der Waals surface area contributed by atoms with Crippen molar-refractivity contribution in [2.75, 3.05) is 19.0 Å². The third kappa shape index (κ3) is 5.48. The molecule has 0 aliphatic heterocycles. The van der Waals surface area contributed by atoms with E-state index in [9.17, 15) is 9.59 Å². The molecule has 0 aliphatic rings. The number of benzene rings is 3. The van der Waals surface area contributed by atoms with Crippen LogP contribution in [0.25, 0.3) is 0 Å². The predicted molar refractivity (Wildman–Crippen MR) is 121 cm³/mol. The van der Waals surface area contributed by atoms with E-state index in [0.29, 0.717) is 16.3 Å². The summed E-state index contributed by atoms with van der Waals surface area (Å²) < 4.78 is 5.66. The van der Waals surface area contributed by atoms with Gasteiger partial charge in [-0.3, -0.25) is 4.79 Å². The molecule has 1 atom stereocenters. The first-order valence-corrected chi connectivity index (χ1v) is 10.5. The predicted octanol–water partition coefficient (Wildman–Crippen LogP) is 4.18. The fraction of sp³-hybridized carbons (Fsp3) is 0.130. The molecule has 0 saturated heterocycles. The highest BCUT2D eigenvalue weighted by Gasteiger charge is 2.24. The van der Waals surface area contributed by atoms with Crippen LogP contribution in [0.1, 0.15) is 27.5 Å². The van der Waals surface area contributed by atoms with Crippen molar-refractivity contribution in [3.63, 3.8) is 0 Å². The molecular formula is C23H21BrClN2O3+. The lowest BCUT2D eigenvalue weighted by molar-refractivity contribution is -0.677. The van der Waals surface area contributed by atoms with Gasteiger partial charge >= 0.3 is 5.97 Å². The average molecular weight is 489 g/mol. The second-order valence-electron chi connectivity index (χ2n) is 6.57. The second kappa shape index (κ2) is 10.4. The molecule has 0 fully saturated rings. The molecule has 3 rings (SSSR count). The maximum atomic E-state index is 12.9. The molecule has 0 heterocycles. The van der Waals surface area contributed by atoms with Crippen LogP contribution < -0.4 is 10.6 Å². The number of amides is 1. The molecule has 5 nitrogen and oxygen atoms in total. The number of carbonyl (C=O) groups excluding carboxylic acids is 2. The summed E-state index contributed by atoms with van der Waals surface area (Å²) in [5.74, 6) is -0.628. The summed E-state index contributed by atoms with van der Waals surface area (Å²) in [5, 5.41) is 5.23. The molecule has 7 heteroatoms. The zero-order valence-electron chi connectivity index (χ0n) is 16.3. The molecule has 30 heavy (non-hydrogen) atoms. The Morgan fingerprint density at radius 2 is 1.77 bits per heavy atom. The van der Waals surface area contributed by atoms with Crippen LogP contribution in [0, 0.1) is 0 Å². The normalized spacial score (nSPS) is 11.6. The number of hydrogen-bond donors (Lipinski definition) is 2. The minimum Gasteiger partial charge on any atom is -0.465 e. The van der Waals surface area contributed by atoms with Crippen molar-refractivity contribution in [3.8, 4) is 0 Å². The van der Waals surface area contributed by atoms with Gasteiger partial charge in [-0.25, -0.2) is 4.79 Å². The molecule has 0 aliphatic carbocycles. The van der Waals surface area contributed by atoms with E-state index in [0.717, 1.165) is 15.6 Å². The van der Waals surface area contributed by atoms with Gasteiger partial charge in [-0.1, -0.05) is 70.0 Å². The van der Waals surface area contributed by atoms with Crippen molar-refractivity contribution in [3.05, 3.63) is 99.0 Å². The third-order valence-electron chi connectivity index (χ3n) is 4.62. The summed E-state index contributed by atoms with van der Waals surface area (Å²) in [6, 6.07) is 22.1. The van der Waals surface area contributed by atoms with E-state index in [1.165, 1.54) is 7.11 Å². The first-order valence-electron chi connectivity index (χ1n) is 9.30. The van der Waals surface area contributed by atoms with E-state index >= 15 is 0 Å². The highest BCUT2D eigenvalue weighted by atomic mass is 79.9. The number of quaternary nitrogens is 1. The minimum atomic E-state index is -0.326. The third-order valence-corrected chi connectivity index (χ3v) is 5.44. The number of ether oxygens (including phenoxy) is 1. The Labute approximate surface area is 188 Å². The molecule has 3 N–H and O–H groups in total. The average Bonchev–Trinajstić information content (AvgIpc) is 2.76. The molecule has 0 bridgehead atoms. The highest BCUT2D eigenvalue weighted by molar-refractivity contribution is 9.10. The largest absolute Gasteiger partial charge is 0.465 e. The topological polar surface area (TPSA) is 72.0 Å². The van der Waals surface area contributed by atoms with Gasteiger partial charge < -0.3 is 15.4 Å². The van der Waals surface area contributed by atoms with Gasteiger partial charge in [0.15, 0.2) is 6.54 Å².